The Hall–Kier alpha value is -0.780. The van der Waals surface area contributed by atoms with Crippen molar-refractivity contribution in [3.63, 3.8) is 0 Å². The van der Waals surface area contributed by atoms with E-state index in [4.69, 9.17) is 16.3 Å². The third-order valence-electron chi connectivity index (χ3n) is 3.05. The summed E-state index contributed by atoms with van der Waals surface area (Å²) in [5.74, 6) is 0. The third kappa shape index (κ3) is 3.84. The Balaban J connectivity index is 2.00. The lowest BCUT2D eigenvalue weighted by atomic mass is 10.2. The van der Waals surface area contributed by atoms with Crippen LogP contribution in [0.4, 0.5) is 10.5 Å². The van der Waals surface area contributed by atoms with E-state index < -0.39 is 0 Å². The minimum Gasteiger partial charge on any atom is -0.375 e. The van der Waals surface area contributed by atoms with Crippen LogP contribution in [-0.4, -0.2) is 36.7 Å². The van der Waals surface area contributed by atoms with Crippen molar-refractivity contribution in [2.75, 3.05) is 25.0 Å². The fourth-order valence-electron chi connectivity index (χ4n) is 1.94. The molecule has 104 valence electrons. The molecule has 1 heterocycles. The number of ether oxygens (including phenoxy) is 1. The first-order valence-corrected chi connectivity index (χ1v) is 7.40. The highest BCUT2D eigenvalue weighted by atomic mass is 79.9. The number of urea groups is 1. The first kappa shape index (κ1) is 14.6. The van der Waals surface area contributed by atoms with Gasteiger partial charge < -0.3 is 15.0 Å². The summed E-state index contributed by atoms with van der Waals surface area (Å²) in [6.07, 6.45) is 1.03. The Bertz CT molecular complexity index is 470. The molecule has 4 nitrogen and oxygen atoms in total. The van der Waals surface area contributed by atoms with Crippen molar-refractivity contribution < 1.29 is 9.53 Å². The van der Waals surface area contributed by atoms with Gasteiger partial charge in [-0.15, -0.1) is 0 Å². The molecule has 1 fully saturated rings. The van der Waals surface area contributed by atoms with Gasteiger partial charge in [-0.05, 0) is 24.6 Å². The minimum absolute atomic E-state index is 0.125. The third-order valence-corrected chi connectivity index (χ3v) is 3.86. The van der Waals surface area contributed by atoms with Crippen LogP contribution in [0.25, 0.3) is 0 Å². The van der Waals surface area contributed by atoms with E-state index >= 15 is 0 Å². The van der Waals surface area contributed by atoms with Crippen LogP contribution in [-0.2, 0) is 4.74 Å². The van der Waals surface area contributed by atoms with Crippen LogP contribution in [0.5, 0.6) is 0 Å². The smallest absolute Gasteiger partial charge is 0.322 e. The second kappa shape index (κ2) is 6.59. The highest BCUT2D eigenvalue weighted by molar-refractivity contribution is 9.10. The SMILES string of the molecule is CC[C@@H]1CN(C(=O)Nc2ccc(Br)cc2Cl)CCO1. The molecule has 2 rings (SSSR count). The van der Waals surface area contributed by atoms with Crippen LogP contribution in [0.15, 0.2) is 22.7 Å². The summed E-state index contributed by atoms with van der Waals surface area (Å²) in [6, 6.07) is 5.24. The lowest BCUT2D eigenvalue weighted by Gasteiger charge is -2.32. The Morgan fingerprint density at radius 3 is 3.11 bits per heavy atom. The van der Waals surface area contributed by atoms with Crippen LogP contribution >= 0.6 is 27.5 Å². The topological polar surface area (TPSA) is 41.6 Å². The predicted octanol–water partition coefficient (Wildman–Crippen LogP) is 3.75. The largest absolute Gasteiger partial charge is 0.375 e. The molecule has 1 atom stereocenters. The maximum atomic E-state index is 12.2. The molecule has 6 heteroatoms. The summed E-state index contributed by atoms with van der Waals surface area (Å²) >= 11 is 9.41. The summed E-state index contributed by atoms with van der Waals surface area (Å²) in [6.45, 7) is 3.87. The molecule has 0 aromatic heterocycles. The molecule has 1 aliphatic rings. The van der Waals surface area contributed by atoms with Crippen molar-refractivity contribution in [2.45, 2.75) is 19.4 Å². The first-order chi connectivity index (χ1) is 9.10. The molecule has 1 aliphatic heterocycles. The Morgan fingerprint density at radius 2 is 2.42 bits per heavy atom. The molecular formula is C13H16BrClN2O2. The maximum absolute atomic E-state index is 12.2. The molecule has 1 N–H and O–H groups in total. The monoisotopic (exact) mass is 346 g/mol. The molecular weight excluding hydrogens is 332 g/mol. The van der Waals surface area contributed by atoms with Crippen molar-refractivity contribution in [3.05, 3.63) is 27.7 Å². The zero-order chi connectivity index (χ0) is 13.8. The normalized spacial score (nSPS) is 19.3. The number of benzene rings is 1. The van der Waals surface area contributed by atoms with Gasteiger partial charge in [-0.1, -0.05) is 34.5 Å². The van der Waals surface area contributed by atoms with Gasteiger partial charge in [0.25, 0.3) is 0 Å². The molecule has 1 saturated heterocycles. The van der Waals surface area contributed by atoms with Gasteiger partial charge in [0.1, 0.15) is 0 Å². The second-order valence-electron chi connectivity index (χ2n) is 4.40. The molecule has 0 saturated carbocycles. The van der Waals surface area contributed by atoms with Gasteiger partial charge >= 0.3 is 6.03 Å². The lowest BCUT2D eigenvalue weighted by molar-refractivity contribution is -0.0134. The van der Waals surface area contributed by atoms with E-state index in [1.54, 1.807) is 17.0 Å². The van der Waals surface area contributed by atoms with Crippen molar-refractivity contribution in [3.8, 4) is 0 Å². The van der Waals surface area contributed by atoms with E-state index in [2.05, 4.69) is 28.2 Å². The summed E-state index contributed by atoms with van der Waals surface area (Å²) in [5, 5.41) is 3.35. The first-order valence-electron chi connectivity index (χ1n) is 6.22. The van der Waals surface area contributed by atoms with E-state index in [0.29, 0.717) is 30.4 Å². The summed E-state index contributed by atoms with van der Waals surface area (Å²) in [5.41, 5.74) is 0.620. The van der Waals surface area contributed by atoms with Crippen molar-refractivity contribution in [1.29, 1.82) is 0 Å². The summed E-state index contributed by atoms with van der Waals surface area (Å²) in [7, 11) is 0. The van der Waals surface area contributed by atoms with Gasteiger partial charge in [0, 0.05) is 17.6 Å². The molecule has 19 heavy (non-hydrogen) atoms. The quantitative estimate of drug-likeness (QED) is 0.885. The van der Waals surface area contributed by atoms with Crippen molar-refractivity contribution >= 4 is 39.2 Å². The predicted molar refractivity (Wildman–Crippen MR) is 79.8 cm³/mol. The molecule has 0 spiro atoms. The number of carbonyl (C=O) groups excluding carboxylic acids is 1. The van der Waals surface area contributed by atoms with Crippen LogP contribution in [0.2, 0.25) is 5.02 Å². The molecule has 0 radical (unpaired) electrons. The van der Waals surface area contributed by atoms with Gasteiger partial charge in [-0.3, -0.25) is 0 Å². The average Bonchev–Trinajstić information content (AvgIpc) is 2.42. The highest BCUT2D eigenvalue weighted by Gasteiger charge is 2.23. The maximum Gasteiger partial charge on any atom is 0.322 e. The molecule has 2 amide bonds. The molecule has 1 aromatic rings. The number of hydrogen-bond acceptors (Lipinski definition) is 2. The van der Waals surface area contributed by atoms with Crippen molar-refractivity contribution in [1.82, 2.24) is 4.90 Å². The Morgan fingerprint density at radius 1 is 1.63 bits per heavy atom. The van der Waals surface area contributed by atoms with Crippen LogP contribution < -0.4 is 5.32 Å². The van der Waals surface area contributed by atoms with E-state index in [-0.39, 0.29) is 12.1 Å². The summed E-state index contributed by atoms with van der Waals surface area (Å²) in [4.78, 5) is 13.9. The average molecular weight is 348 g/mol. The van der Waals surface area contributed by atoms with Gasteiger partial charge in [-0.25, -0.2) is 4.79 Å². The molecule has 0 bridgehead atoms. The van der Waals surface area contributed by atoms with E-state index in [1.165, 1.54) is 0 Å². The van der Waals surface area contributed by atoms with Gasteiger partial charge in [0.05, 0.1) is 23.4 Å². The number of halogens is 2. The van der Waals surface area contributed by atoms with E-state index in [9.17, 15) is 4.79 Å². The zero-order valence-electron chi connectivity index (χ0n) is 10.7. The summed E-state index contributed by atoms with van der Waals surface area (Å²) < 4.78 is 6.43. The van der Waals surface area contributed by atoms with E-state index in [1.807, 2.05) is 6.07 Å². The van der Waals surface area contributed by atoms with Crippen molar-refractivity contribution in [2.24, 2.45) is 0 Å². The number of anilines is 1. The number of nitrogens with zero attached hydrogens (tertiary/aromatic N) is 1. The van der Waals surface area contributed by atoms with Gasteiger partial charge in [0.2, 0.25) is 0 Å². The van der Waals surface area contributed by atoms with Gasteiger partial charge in [0.15, 0.2) is 0 Å². The lowest BCUT2D eigenvalue weighted by Crippen LogP contribution is -2.47. The molecule has 0 aliphatic carbocycles. The number of nitrogens with one attached hydrogen (secondary N) is 1. The Kier molecular flexibility index (Phi) is 5.07. The number of carbonyl (C=O) groups is 1. The van der Waals surface area contributed by atoms with E-state index in [0.717, 1.165) is 10.9 Å². The number of hydrogen-bond donors (Lipinski definition) is 1. The Labute approximate surface area is 126 Å². The zero-order valence-corrected chi connectivity index (χ0v) is 13.0. The number of rotatable bonds is 2. The van der Waals surface area contributed by atoms with Crippen LogP contribution in [0.1, 0.15) is 13.3 Å². The van der Waals surface area contributed by atoms with Gasteiger partial charge in [-0.2, -0.15) is 0 Å². The van der Waals surface area contributed by atoms with Crippen LogP contribution in [0.3, 0.4) is 0 Å². The number of morpholine rings is 1. The van der Waals surface area contributed by atoms with Crippen LogP contribution in [0, 0.1) is 0 Å². The minimum atomic E-state index is -0.133. The fourth-order valence-corrected chi connectivity index (χ4v) is 2.66. The molecule has 1 aromatic carbocycles. The second-order valence-corrected chi connectivity index (χ2v) is 5.72. The standard InChI is InChI=1S/C13H16BrClN2O2/c1-2-10-8-17(5-6-19-10)13(18)16-12-4-3-9(14)7-11(12)15/h3-4,7,10H,2,5-6,8H2,1H3,(H,16,18)/t10-/m1/s1. The highest BCUT2D eigenvalue weighted by Crippen LogP contribution is 2.26. The fraction of sp³-hybridized carbons (Fsp3) is 0.462. The molecule has 0 unspecified atom stereocenters. The number of amides is 2.